The number of hydrogen-bond acceptors (Lipinski definition) is 5. The lowest BCUT2D eigenvalue weighted by Gasteiger charge is -2.25. The van der Waals surface area contributed by atoms with Crippen LogP contribution >= 0.6 is 18.1 Å². The monoisotopic (exact) mass is 507 g/mol. The summed E-state index contributed by atoms with van der Waals surface area (Å²) in [6, 6.07) is 0. The zero-order valence-corrected chi connectivity index (χ0v) is 22.6. The van der Waals surface area contributed by atoms with E-state index in [1.165, 1.54) is 62.1 Å². The van der Waals surface area contributed by atoms with Crippen LogP contribution in [0, 0.1) is 6.92 Å². The van der Waals surface area contributed by atoms with Crippen molar-refractivity contribution in [2.45, 2.75) is 104 Å². The van der Waals surface area contributed by atoms with E-state index in [1.807, 2.05) is 0 Å². The molecule has 1 rings (SSSR count). The molecule has 0 aliphatic rings. The van der Waals surface area contributed by atoms with E-state index >= 15 is 0 Å². The molecule has 0 spiro atoms. The Morgan fingerprint density at radius 1 is 1.06 bits per heavy atom. The van der Waals surface area contributed by atoms with Crippen LogP contribution in [0.2, 0.25) is 0 Å². The number of aromatic amines is 1. The third kappa shape index (κ3) is 11.9. The number of aryl methyl sites for hydroxylation is 1. The number of halogens is 1. The molecule has 0 amide bonds. The molecule has 1 aromatic heterocycles. The molecular weight excluding hydrogens is 465 g/mol. The molecule has 0 fully saturated rings. The number of unbranched alkanes of at least 4 members (excludes halogenated alkanes) is 9. The van der Waals surface area contributed by atoms with Crippen molar-refractivity contribution in [2.24, 2.45) is 0 Å². The molecular formula is C23H43ClN3O5P. The highest BCUT2D eigenvalue weighted by Gasteiger charge is 2.27. The summed E-state index contributed by atoms with van der Waals surface area (Å²) in [7, 11) is 1.71. The summed E-state index contributed by atoms with van der Waals surface area (Å²) in [5.41, 5.74) is -0.563. The van der Waals surface area contributed by atoms with Crippen LogP contribution in [0.5, 0.6) is 0 Å². The maximum Gasteiger partial charge on any atom is 0.362 e. The normalized spacial score (nSPS) is 15.5. The average molecular weight is 508 g/mol. The number of aromatic nitrogens is 2. The van der Waals surface area contributed by atoms with E-state index in [9.17, 15) is 14.2 Å². The van der Waals surface area contributed by atoms with E-state index in [0.29, 0.717) is 12.1 Å². The third-order valence-electron chi connectivity index (χ3n) is 5.68. The first-order chi connectivity index (χ1) is 15.6. The summed E-state index contributed by atoms with van der Waals surface area (Å²) < 4.78 is 26.8. The van der Waals surface area contributed by atoms with E-state index in [0.717, 1.165) is 12.8 Å². The predicted octanol–water partition coefficient (Wildman–Crippen LogP) is 5.98. The lowest BCUT2D eigenvalue weighted by Crippen LogP contribution is -2.34. The summed E-state index contributed by atoms with van der Waals surface area (Å²) in [5, 5.41) is 0. The van der Waals surface area contributed by atoms with Gasteiger partial charge in [0.1, 0.15) is 6.23 Å². The van der Waals surface area contributed by atoms with Gasteiger partial charge in [-0.05, 0) is 45.5 Å². The van der Waals surface area contributed by atoms with Crippen molar-refractivity contribution in [3.63, 3.8) is 0 Å². The van der Waals surface area contributed by atoms with Gasteiger partial charge in [0.25, 0.3) is 5.56 Å². The fraction of sp³-hybridized carbons (Fsp3) is 0.826. The number of rotatable bonds is 18. The summed E-state index contributed by atoms with van der Waals surface area (Å²) >= 11 is 6.18. The van der Waals surface area contributed by atoms with Crippen molar-refractivity contribution in [1.29, 1.82) is 0 Å². The second-order valence-electron chi connectivity index (χ2n) is 8.84. The highest BCUT2D eigenvalue weighted by atomic mass is 35.7. The molecule has 0 aliphatic carbocycles. The van der Waals surface area contributed by atoms with Gasteiger partial charge in [-0.2, -0.15) is 0 Å². The first-order valence-corrected chi connectivity index (χ1v) is 14.7. The highest BCUT2D eigenvalue weighted by molar-refractivity contribution is 7.83. The maximum atomic E-state index is 12.7. The summed E-state index contributed by atoms with van der Waals surface area (Å²) in [5.74, 6) is 0. The van der Waals surface area contributed by atoms with Crippen LogP contribution in [0.25, 0.3) is 0 Å². The molecule has 3 atom stereocenters. The Hall–Kier alpha value is -0.920. The van der Waals surface area contributed by atoms with Gasteiger partial charge in [0.2, 0.25) is 0 Å². The SMILES string of the molecule is CCCCCCCCCCCCN(C)P(=O)(Cl)OC[C@H](C)O[C@H](C)n1cc(C)c(=O)[nH]c1=O. The number of hydrogen-bond donors (Lipinski definition) is 1. The zero-order valence-electron chi connectivity index (χ0n) is 21.0. The van der Waals surface area contributed by atoms with Gasteiger partial charge in [0.05, 0.1) is 12.7 Å². The Labute approximate surface area is 203 Å². The van der Waals surface area contributed by atoms with Gasteiger partial charge in [-0.15, -0.1) is 0 Å². The highest BCUT2D eigenvalue weighted by Crippen LogP contribution is 2.55. The van der Waals surface area contributed by atoms with E-state index < -0.39 is 30.5 Å². The van der Waals surface area contributed by atoms with Crippen LogP contribution in [-0.4, -0.2) is 40.5 Å². The lowest BCUT2D eigenvalue weighted by atomic mass is 10.1. The van der Waals surface area contributed by atoms with Crippen LogP contribution in [-0.2, 0) is 13.8 Å². The molecule has 0 saturated heterocycles. The van der Waals surface area contributed by atoms with Gasteiger partial charge >= 0.3 is 12.6 Å². The van der Waals surface area contributed by atoms with Gasteiger partial charge in [-0.25, -0.2) is 9.46 Å². The minimum absolute atomic E-state index is 0.0184. The zero-order chi connectivity index (χ0) is 24.9. The Morgan fingerprint density at radius 2 is 1.61 bits per heavy atom. The topological polar surface area (TPSA) is 93.6 Å². The minimum Gasteiger partial charge on any atom is -0.353 e. The smallest absolute Gasteiger partial charge is 0.353 e. The molecule has 33 heavy (non-hydrogen) atoms. The third-order valence-corrected chi connectivity index (χ3v) is 8.23. The largest absolute Gasteiger partial charge is 0.362 e. The molecule has 0 aliphatic heterocycles. The number of nitrogens with zero attached hydrogens (tertiary/aromatic N) is 2. The quantitative estimate of drug-likeness (QED) is 0.194. The summed E-state index contributed by atoms with van der Waals surface area (Å²) in [6.07, 6.45) is 12.7. The van der Waals surface area contributed by atoms with E-state index in [2.05, 4.69) is 11.9 Å². The standard InChI is InChI=1S/C23H43ClN3O5P/c1-6-7-8-9-10-11-12-13-14-15-16-26(5)33(24,30)31-18-20(3)32-21(4)27-17-19(2)22(28)25-23(27)29/h17,20-21H,6-16,18H2,1-5H3,(H,25,28,29)/t20-,21+,33?/m0/s1. The van der Waals surface area contributed by atoms with E-state index in [-0.39, 0.29) is 6.61 Å². The Morgan fingerprint density at radius 3 is 2.18 bits per heavy atom. The fourth-order valence-corrected chi connectivity index (χ4v) is 4.91. The average Bonchev–Trinajstić information content (AvgIpc) is 2.76. The summed E-state index contributed by atoms with van der Waals surface area (Å²) in [4.78, 5) is 25.7. The second kappa shape index (κ2) is 15.9. The molecule has 10 heteroatoms. The molecule has 0 bridgehead atoms. The molecule has 0 aromatic carbocycles. The number of H-pyrrole nitrogens is 1. The Kier molecular flexibility index (Phi) is 14.5. The minimum atomic E-state index is -3.44. The van der Waals surface area contributed by atoms with Crippen LogP contribution < -0.4 is 11.2 Å². The van der Waals surface area contributed by atoms with Crippen LogP contribution in [0.15, 0.2) is 15.8 Å². The fourth-order valence-electron chi connectivity index (χ4n) is 3.54. The number of nitrogens with one attached hydrogen (secondary N) is 1. The molecule has 1 aromatic rings. The van der Waals surface area contributed by atoms with Crippen LogP contribution in [0.1, 0.15) is 96.8 Å². The van der Waals surface area contributed by atoms with Crippen LogP contribution in [0.4, 0.5) is 0 Å². The van der Waals surface area contributed by atoms with Gasteiger partial charge in [0.15, 0.2) is 0 Å². The molecule has 1 N–H and O–H groups in total. The van der Waals surface area contributed by atoms with Gasteiger partial charge in [-0.1, -0.05) is 64.7 Å². The Bertz CT molecular complexity index is 844. The second-order valence-corrected chi connectivity index (χ2v) is 12.0. The molecule has 0 radical (unpaired) electrons. The molecule has 0 saturated carbocycles. The first-order valence-electron chi connectivity index (χ1n) is 12.2. The maximum absolute atomic E-state index is 12.7. The van der Waals surface area contributed by atoms with Gasteiger partial charge < -0.3 is 9.26 Å². The van der Waals surface area contributed by atoms with Crippen molar-refractivity contribution in [2.75, 3.05) is 20.2 Å². The molecule has 1 heterocycles. The van der Waals surface area contributed by atoms with Crippen molar-refractivity contribution >= 4 is 18.1 Å². The van der Waals surface area contributed by atoms with Gasteiger partial charge in [0, 0.05) is 18.3 Å². The van der Waals surface area contributed by atoms with Crippen molar-refractivity contribution < 1.29 is 13.8 Å². The summed E-state index contributed by atoms with van der Waals surface area (Å²) in [6.45, 7) is 4.46. The van der Waals surface area contributed by atoms with Crippen molar-refractivity contribution in [3.8, 4) is 0 Å². The Balaban J connectivity index is 2.29. The predicted molar refractivity (Wildman–Crippen MR) is 135 cm³/mol. The van der Waals surface area contributed by atoms with E-state index in [4.69, 9.17) is 20.5 Å². The van der Waals surface area contributed by atoms with E-state index in [1.54, 1.807) is 32.5 Å². The van der Waals surface area contributed by atoms with Gasteiger partial charge in [-0.3, -0.25) is 18.9 Å². The van der Waals surface area contributed by atoms with Crippen molar-refractivity contribution in [3.05, 3.63) is 32.6 Å². The molecule has 1 unspecified atom stereocenters. The van der Waals surface area contributed by atoms with Crippen LogP contribution in [0.3, 0.4) is 0 Å². The lowest BCUT2D eigenvalue weighted by molar-refractivity contribution is -0.0540. The first kappa shape index (κ1) is 30.1. The number of ether oxygens (including phenoxy) is 1. The molecule has 192 valence electrons. The molecule has 8 nitrogen and oxygen atoms in total. The van der Waals surface area contributed by atoms with Crippen molar-refractivity contribution in [1.82, 2.24) is 14.2 Å².